The Morgan fingerprint density at radius 1 is 0.544 bits per heavy atom. The first-order valence-corrected chi connectivity index (χ1v) is 19.4. The van der Waals surface area contributed by atoms with E-state index in [4.69, 9.17) is 4.42 Å². The van der Waals surface area contributed by atoms with Gasteiger partial charge in [0.05, 0.1) is 16.4 Å². The smallest absolute Gasteiger partial charge is 0.207 e. The molecule has 0 atom stereocenters. The minimum absolute atomic E-state index is 0.811. The third-order valence-electron chi connectivity index (χ3n) is 11.6. The van der Waals surface area contributed by atoms with Crippen molar-refractivity contribution in [3.8, 4) is 22.3 Å². The molecule has 0 amide bonds. The molecule has 1 radical (unpaired) electrons. The second kappa shape index (κ2) is 12.5. The van der Waals surface area contributed by atoms with Crippen molar-refractivity contribution in [3.05, 3.63) is 209 Å². The van der Waals surface area contributed by atoms with Gasteiger partial charge in [-0.3, -0.25) is 0 Å². The van der Waals surface area contributed by atoms with Crippen LogP contribution in [0.25, 0.3) is 83.1 Å². The first-order valence-electron chi connectivity index (χ1n) is 19.4. The van der Waals surface area contributed by atoms with E-state index < -0.39 is 0 Å². The molecule has 8 aromatic carbocycles. The number of H-pyrrole nitrogens is 1. The van der Waals surface area contributed by atoms with Gasteiger partial charge in [0.2, 0.25) is 7.28 Å². The van der Waals surface area contributed by atoms with Crippen LogP contribution in [0.3, 0.4) is 0 Å². The number of para-hydroxylation sites is 2. The maximum absolute atomic E-state index is 6.82. The summed E-state index contributed by atoms with van der Waals surface area (Å²) in [7, 11) is 2.31. The van der Waals surface area contributed by atoms with E-state index in [0.29, 0.717) is 0 Å². The van der Waals surface area contributed by atoms with Crippen molar-refractivity contribution >= 4 is 85.0 Å². The van der Waals surface area contributed by atoms with Crippen molar-refractivity contribution in [1.82, 2.24) is 4.98 Å². The van der Waals surface area contributed by atoms with Crippen LogP contribution in [-0.2, 0) is 0 Å². The van der Waals surface area contributed by atoms with E-state index in [1.54, 1.807) is 0 Å². The molecule has 1 N–H and O–H groups in total. The zero-order valence-electron chi connectivity index (χ0n) is 30.8. The number of hydrogen-bond donors (Lipinski definition) is 1. The van der Waals surface area contributed by atoms with Crippen LogP contribution in [0.2, 0.25) is 0 Å². The summed E-state index contributed by atoms with van der Waals surface area (Å²) in [5.74, 6) is 0. The van der Waals surface area contributed by atoms with Crippen LogP contribution < -0.4 is 21.0 Å². The Labute approximate surface area is 329 Å². The molecule has 3 nitrogen and oxygen atoms in total. The lowest BCUT2D eigenvalue weighted by Gasteiger charge is -2.35. The Morgan fingerprint density at radius 3 is 2.02 bits per heavy atom. The predicted molar refractivity (Wildman–Crippen MR) is 238 cm³/mol. The largest absolute Gasteiger partial charge is 0.456 e. The van der Waals surface area contributed by atoms with Crippen LogP contribution in [0, 0.1) is 0 Å². The highest BCUT2D eigenvalue weighted by atomic mass is 16.3. The molecule has 12 rings (SSSR count). The molecule has 0 bridgehead atoms. The Morgan fingerprint density at radius 2 is 1.21 bits per heavy atom. The van der Waals surface area contributed by atoms with Gasteiger partial charge in [0, 0.05) is 44.2 Å². The normalized spacial score (nSPS) is 13.4. The molecule has 0 saturated carbocycles. The third-order valence-corrected chi connectivity index (χ3v) is 11.6. The maximum Gasteiger partial charge on any atom is 0.207 e. The summed E-state index contributed by atoms with van der Waals surface area (Å²) in [6, 6.07) is 65.0. The van der Waals surface area contributed by atoms with Gasteiger partial charge in [-0.25, -0.2) is 0 Å². The van der Waals surface area contributed by atoms with E-state index in [2.05, 4.69) is 205 Å². The van der Waals surface area contributed by atoms with Crippen molar-refractivity contribution in [2.45, 2.75) is 0 Å². The summed E-state index contributed by atoms with van der Waals surface area (Å²) in [5.41, 5.74) is 20.0. The molecule has 2 aliphatic rings. The van der Waals surface area contributed by atoms with E-state index in [9.17, 15) is 0 Å². The minimum atomic E-state index is 0.811. The molecular formula is C53H32BN2O. The standard InChI is InChI=1S/C53H32BN2O/c1-3-12-33(13-4-1)35-22-25-40(26-23-35)56-48-27-24-38(34-14-5-2-6-15-34)29-45(48)54-46-30-39(32-50-51(53(46)56)43-18-9-10-21-49(43)57-50)41-19-11-20-42-44-28-36-16-7-8-17-37(36)31-47(44)55-52(41)42/h1-29,31-32,55H. The number of rotatable bonds is 4. The Balaban J connectivity index is 1.15. The van der Waals surface area contributed by atoms with Gasteiger partial charge in [-0.15, -0.1) is 5.73 Å². The Kier molecular flexibility index (Phi) is 6.98. The van der Waals surface area contributed by atoms with Gasteiger partial charge in [0.15, 0.2) is 0 Å². The van der Waals surface area contributed by atoms with Crippen molar-refractivity contribution in [3.63, 3.8) is 0 Å². The molecule has 1 aliphatic heterocycles. The number of aromatic nitrogens is 1. The van der Waals surface area contributed by atoms with Crippen molar-refractivity contribution in [2.75, 3.05) is 4.90 Å². The fourth-order valence-corrected chi connectivity index (χ4v) is 8.90. The molecular weight excluding hydrogens is 691 g/mol. The van der Waals surface area contributed by atoms with Gasteiger partial charge >= 0.3 is 0 Å². The van der Waals surface area contributed by atoms with Gasteiger partial charge in [-0.05, 0) is 81.0 Å². The molecule has 0 fully saturated rings. The van der Waals surface area contributed by atoms with E-state index in [-0.39, 0.29) is 0 Å². The SMILES string of the molecule is [B]1C2=C=C(c3cccc4c3[nH]c3cc5ccccc5cc34)C=c3oc4ccccc4c3=C2N(c2ccc(-c3ccccc3)cc2)c2ccc(-c3ccccc3)cc21. The topological polar surface area (TPSA) is 32.2 Å². The summed E-state index contributed by atoms with van der Waals surface area (Å²) >= 11 is 0. The number of nitrogens with zero attached hydrogens (tertiary/aromatic N) is 1. The minimum Gasteiger partial charge on any atom is -0.456 e. The molecule has 263 valence electrons. The number of nitrogens with one attached hydrogen (secondary N) is 1. The van der Waals surface area contributed by atoms with Gasteiger partial charge in [0.25, 0.3) is 0 Å². The zero-order valence-corrected chi connectivity index (χ0v) is 30.8. The van der Waals surface area contributed by atoms with Gasteiger partial charge in [-0.1, -0.05) is 151 Å². The molecule has 0 saturated heterocycles. The number of fused-ring (bicyclic) bond motifs is 9. The fraction of sp³-hybridized carbons (Fsp3) is 0. The van der Waals surface area contributed by atoms with Crippen molar-refractivity contribution < 1.29 is 4.42 Å². The van der Waals surface area contributed by atoms with Crippen LogP contribution in [0.4, 0.5) is 11.4 Å². The Bertz CT molecular complexity index is 3460. The van der Waals surface area contributed by atoms with Crippen molar-refractivity contribution in [1.29, 1.82) is 0 Å². The molecule has 3 heterocycles. The number of aromatic amines is 1. The number of furan rings is 1. The lowest BCUT2D eigenvalue weighted by Crippen LogP contribution is -2.40. The predicted octanol–water partition coefficient (Wildman–Crippen LogP) is 11.2. The molecule has 1 aliphatic carbocycles. The van der Waals surface area contributed by atoms with Crippen LogP contribution in [0.15, 0.2) is 198 Å². The second-order valence-corrected chi connectivity index (χ2v) is 14.9. The quantitative estimate of drug-likeness (QED) is 0.145. The summed E-state index contributed by atoms with van der Waals surface area (Å²) in [6.07, 6.45) is 2.19. The molecule has 0 spiro atoms. The second-order valence-electron chi connectivity index (χ2n) is 14.9. The summed E-state index contributed by atoms with van der Waals surface area (Å²) in [4.78, 5) is 6.24. The van der Waals surface area contributed by atoms with E-state index in [1.165, 1.54) is 43.8 Å². The van der Waals surface area contributed by atoms with Crippen molar-refractivity contribution in [2.24, 2.45) is 0 Å². The fourth-order valence-electron chi connectivity index (χ4n) is 8.90. The van der Waals surface area contributed by atoms with E-state index in [0.717, 1.165) is 71.8 Å². The van der Waals surface area contributed by atoms with Gasteiger partial charge in [0.1, 0.15) is 11.0 Å². The third kappa shape index (κ3) is 5.09. The highest BCUT2D eigenvalue weighted by Crippen LogP contribution is 2.40. The first kappa shape index (κ1) is 31.8. The first-order chi connectivity index (χ1) is 28.2. The number of anilines is 2. The maximum atomic E-state index is 6.82. The Hall–Kier alpha value is -7.52. The average Bonchev–Trinajstić information content (AvgIpc) is 3.77. The monoisotopic (exact) mass is 723 g/mol. The number of hydrogen-bond acceptors (Lipinski definition) is 2. The average molecular weight is 724 g/mol. The van der Waals surface area contributed by atoms with Crippen LogP contribution in [0.1, 0.15) is 5.56 Å². The van der Waals surface area contributed by atoms with Gasteiger partial charge in [-0.2, -0.15) is 0 Å². The molecule has 2 aromatic heterocycles. The number of benzene rings is 8. The highest BCUT2D eigenvalue weighted by molar-refractivity contribution is 6.68. The summed E-state index contributed by atoms with van der Waals surface area (Å²) in [6.45, 7) is 0. The highest BCUT2D eigenvalue weighted by Gasteiger charge is 2.31. The lowest BCUT2D eigenvalue weighted by molar-refractivity contribution is 0.575. The molecule has 57 heavy (non-hydrogen) atoms. The molecule has 10 aromatic rings. The summed E-state index contributed by atoms with van der Waals surface area (Å²) < 4.78 is 6.82. The summed E-state index contributed by atoms with van der Waals surface area (Å²) in [5, 5.41) is 6.96. The van der Waals surface area contributed by atoms with Crippen LogP contribution >= 0.6 is 0 Å². The van der Waals surface area contributed by atoms with Crippen LogP contribution in [-0.4, -0.2) is 12.3 Å². The van der Waals surface area contributed by atoms with Gasteiger partial charge < -0.3 is 14.3 Å². The van der Waals surface area contributed by atoms with E-state index in [1.807, 2.05) is 6.07 Å². The molecule has 0 unspecified atom stereocenters. The lowest BCUT2D eigenvalue weighted by atomic mass is 9.58. The van der Waals surface area contributed by atoms with E-state index >= 15 is 0 Å². The van der Waals surface area contributed by atoms with Crippen LogP contribution in [0.5, 0.6) is 0 Å². The zero-order chi connectivity index (χ0) is 37.5. The molecule has 4 heteroatoms.